The summed E-state index contributed by atoms with van der Waals surface area (Å²) in [6, 6.07) is 9.31. The normalized spacial score (nSPS) is 12.5. The molecule has 24 heavy (non-hydrogen) atoms. The van der Waals surface area contributed by atoms with Gasteiger partial charge in [0.1, 0.15) is 23.0 Å². The zero-order chi connectivity index (χ0) is 17.1. The third kappa shape index (κ3) is 3.38. The molecule has 5 nitrogen and oxygen atoms in total. The molecule has 2 N–H and O–H groups in total. The van der Waals surface area contributed by atoms with E-state index in [9.17, 15) is 9.90 Å². The van der Waals surface area contributed by atoms with Crippen LogP contribution in [0.25, 0.3) is 21.3 Å². The average molecular weight is 341 g/mol. The number of anilines is 1. The number of nitrogens with one attached hydrogen (secondary N) is 1. The van der Waals surface area contributed by atoms with E-state index in [0.29, 0.717) is 12.2 Å². The van der Waals surface area contributed by atoms with E-state index in [1.54, 1.807) is 0 Å². The van der Waals surface area contributed by atoms with Gasteiger partial charge in [0.15, 0.2) is 0 Å². The molecule has 0 spiro atoms. The molecule has 0 saturated heterocycles. The van der Waals surface area contributed by atoms with E-state index in [1.165, 1.54) is 17.7 Å². The zero-order valence-corrected chi connectivity index (χ0v) is 14.4. The lowest BCUT2D eigenvalue weighted by molar-refractivity contribution is -0.138. The Labute approximate surface area is 144 Å². The van der Waals surface area contributed by atoms with E-state index in [-0.39, 0.29) is 5.92 Å². The van der Waals surface area contributed by atoms with E-state index in [1.807, 2.05) is 49.6 Å². The van der Waals surface area contributed by atoms with Crippen LogP contribution in [0, 0.1) is 5.92 Å². The largest absolute Gasteiger partial charge is 0.480 e. The van der Waals surface area contributed by atoms with Gasteiger partial charge in [-0.1, -0.05) is 44.2 Å². The van der Waals surface area contributed by atoms with Gasteiger partial charge in [-0.25, -0.2) is 14.8 Å². The van der Waals surface area contributed by atoms with Crippen molar-refractivity contribution in [2.45, 2.75) is 26.3 Å². The van der Waals surface area contributed by atoms with Crippen molar-refractivity contribution in [2.24, 2.45) is 5.92 Å². The van der Waals surface area contributed by atoms with Crippen LogP contribution in [0.15, 0.2) is 42.0 Å². The summed E-state index contributed by atoms with van der Waals surface area (Å²) in [5, 5.41) is 15.5. The second-order valence-electron chi connectivity index (χ2n) is 6.08. The Morgan fingerprint density at radius 2 is 2.00 bits per heavy atom. The molecule has 0 radical (unpaired) electrons. The van der Waals surface area contributed by atoms with Crippen LogP contribution in [0.1, 0.15) is 20.3 Å². The Kier molecular flexibility index (Phi) is 4.76. The van der Waals surface area contributed by atoms with Gasteiger partial charge >= 0.3 is 5.97 Å². The molecule has 6 heteroatoms. The summed E-state index contributed by atoms with van der Waals surface area (Å²) in [7, 11) is 0. The standard InChI is InChI=1S/C18H19N3O2S/c1-11(2)8-14(18(22)23)21-16-15-13(12-6-4-3-5-7-12)9-24-17(15)20-10-19-16/h3-7,9-11,14H,8H2,1-2H3,(H,22,23)(H,19,20,21)/t14-/m0/s1. The predicted octanol–water partition coefficient (Wildman–Crippen LogP) is 4.27. The van der Waals surface area contributed by atoms with Crippen LogP contribution in [0.2, 0.25) is 0 Å². The number of hydrogen-bond acceptors (Lipinski definition) is 5. The SMILES string of the molecule is CC(C)C[C@H](Nc1ncnc2scc(-c3ccccc3)c12)C(=O)O. The van der Waals surface area contributed by atoms with Gasteiger partial charge < -0.3 is 10.4 Å². The van der Waals surface area contributed by atoms with Crippen LogP contribution in [0.3, 0.4) is 0 Å². The Bertz CT molecular complexity index is 846. The van der Waals surface area contributed by atoms with Crippen LogP contribution < -0.4 is 5.32 Å². The maximum Gasteiger partial charge on any atom is 0.326 e. The molecule has 0 aliphatic heterocycles. The lowest BCUT2D eigenvalue weighted by Crippen LogP contribution is -2.31. The van der Waals surface area contributed by atoms with Crippen LogP contribution in [-0.2, 0) is 4.79 Å². The molecule has 2 aromatic heterocycles. The maximum absolute atomic E-state index is 11.6. The fraction of sp³-hybridized carbons (Fsp3) is 0.278. The first-order chi connectivity index (χ1) is 11.6. The molecule has 2 heterocycles. The van der Waals surface area contributed by atoms with Crippen molar-refractivity contribution < 1.29 is 9.90 Å². The number of carboxylic acid groups (broad SMARTS) is 1. The summed E-state index contributed by atoms with van der Waals surface area (Å²) in [5.74, 6) is -0.0212. The Morgan fingerprint density at radius 1 is 1.25 bits per heavy atom. The highest BCUT2D eigenvalue weighted by atomic mass is 32.1. The molecular weight excluding hydrogens is 322 g/mol. The number of hydrogen-bond donors (Lipinski definition) is 2. The molecule has 0 bridgehead atoms. The summed E-state index contributed by atoms with van der Waals surface area (Å²) >= 11 is 1.53. The van der Waals surface area contributed by atoms with E-state index < -0.39 is 12.0 Å². The Hall–Kier alpha value is -2.47. The van der Waals surface area contributed by atoms with Gasteiger partial charge in [0.25, 0.3) is 0 Å². The van der Waals surface area contributed by atoms with Crippen molar-refractivity contribution in [1.82, 2.24) is 9.97 Å². The van der Waals surface area contributed by atoms with Gasteiger partial charge in [-0.3, -0.25) is 0 Å². The first-order valence-corrected chi connectivity index (χ1v) is 8.71. The highest BCUT2D eigenvalue weighted by molar-refractivity contribution is 7.17. The molecule has 0 unspecified atom stereocenters. The third-order valence-electron chi connectivity index (χ3n) is 3.77. The fourth-order valence-corrected chi connectivity index (χ4v) is 3.59. The number of nitrogens with zero attached hydrogens (tertiary/aromatic N) is 2. The van der Waals surface area contributed by atoms with E-state index in [2.05, 4.69) is 15.3 Å². The molecule has 0 amide bonds. The minimum atomic E-state index is -0.869. The maximum atomic E-state index is 11.6. The number of carbonyl (C=O) groups is 1. The third-order valence-corrected chi connectivity index (χ3v) is 4.66. The van der Waals surface area contributed by atoms with Gasteiger partial charge in [-0.2, -0.15) is 0 Å². The first-order valence-electron chi connectivity index (χ1n) is 7.83. The van der Waals surface area contributed by atoms with Gasteiger partial charge in [-0.05, 0) is 17.9 Å². The molecule has 0 fully saturated rings. The number of carboxylic acids is 1. The number of aliphatic carboxylic acids is 1. The molecule has 0 aliphatic rings. The minimum Gasteiger partial charge on any atom is -0.480 e. The molecule has 3 rings (SSSR count). The number of fused-ring (bicyclic) bond motifs is 1. The fourth-order valence-electron chi connectivity index (χ4n) is 2.67. The van der Waals surface area contributed by atoms with Crippen molar-refractivity contribution in [3.05, 3.63) is 42.0 Å². The average Bonchev–Trinajstić information content (AvgIpc) is 2.99. The predicted molar refractivity (Wildman–Crippen MR) is 97.4 cm³/mol. The summed E-state index contributed by atoms with van der Waals surface area (Å²) in [5.41, 5.74) is 2.09. The van der Waals surface area contributed by atoms with Crippen LogP contribution >= 0.6 is 11.3 Å². The first kappa shape index (κ1) is 16.4. The molecule has 124 valence electrons. The van der Waals surface area contributed by atoms with E-state index in [4.69, 9.17) is 0 Å². The van der Waals surface area contributed by atoms with Crippen molar-refractivity contribution in [1.29, 1.82) is 0 Å². The molecule has 3 aromatic rings. The van der Waals surface area contributed by atoms with Crippen LogP contribution in [0.4, 0.5) is 5.82 Å². The quantitative estimate of drug-likeness (QED) is 0.700. The van der Waals surface area contributed by atoms with Crippen molar-refractivity contribution >= 4 is 33.3 Å². The summed E-state index contributed by atoms with van der Waals surface area (Å²) in [6.07, 6.45) is 2.01. The zero-order valence-electron chi connectivity index (χ0n) is 13.6. The number of aromatic nitrogens is 2. The van der Waals surface area contributed by atoms with Gasteiger partial charge in [0.2, 0.25) is 0 Å². The topological polar surface area (TPSA) is 75.1 Å². The van der Waals surface area contributed by atoms with Crippen LogP contribution in [0.5, 0.6) is 0 Å². The lowest BCUT2D eigenvalue weighted by atomic mass is 10.0. The molecular formula is C18H19N3O2S. The molecule has 1 aromatic carbocycles. The lowest BCUT2D eigenvalue weighted by Gasteiger charge is -2.17. The number of benzene rings is 1. The summed E-state index contributed by atoms with van der Waals surface area (Å²) < 4.78 is 0. The highest BCUT2D eigenvalue weighted by Gasteiger charge is 2.21. The summed E-state index contributed by atoms with van der Waals surface area (Å²) in [4.78, 5) is 21.0. The van der Waals surface area contributed by atoms with E-state index in [0.717, 1.165) is 21.3 Å². The monoisotopic (exact) mass is 341 g/mol. The second-order valence-corrected chi connectivity index (χ2v) is 6.94. The number of thiophene rings is 1. The smallest absolute Gasteiger partial charge is 0.326 e. The number of rotatable bonds is 6. The van der Waals surface area contributed by atoms with Gasteiger partial charge in [-0.15, -0.1) is 11.3 Å². The molecule has 0 aliphatic carbocycles. The van der Waals surface area contributed by atoms with Crippen molar-refractivity contribution in [3.8, 4) is 11.1 Å². The minimum absolute atomic E-state index is 0.270. The van der Waals surface area contributed by atoms with Crippen LogP contribution in [-0.4, -0.2) is 27.1 Å². The van der Waals surface area contributed by atoms with E-state index >= 15 is 0 Å². The van der Waals surface area contributed by atoms with Gasteiger partial charge in [0, 0.05) is 10.9 Å². The Morgan fingerprint density at radius 3 is 2.67 bits per heavy atom. The van der Waals surface area contributed by atoms with Crippen molar-refractivity contribution in [3.63, 3.8) is 0 Å². The second kappa shape index (κ2) is 6.97. The molecule has 1 atom stereocenters. The highest BCUT2D eigenvalue weighted by Crippen LogP contribution is 2.36. The van der Waals surface area contributed by atoms with Gasteiger partial charge in [0.05, 0.1) is 5.39 Å². The summed E-state index contributed by atoms with van der Waals surface area (Å²) in [6.45, 7) is 4.01. The van der Waals surface area contributed by atoms with Crippen molar-refractivity contribution in [2.75, 3.05) is 5.32 Å². The Balaban J connectivity index is 2.05. The molecule has 0 saturated carbocycles.